The van der Waals surface area contributed by atoms with Gasteiger partial charge in [0, 0.05) is 37.0 Å². The zero-order chi connectivity index (χ0) is 28.1. The fourth-order valence-electron chi connectivity index (χ4n) is 3.07. The van der Waals surface area contributed by atoms with E-state index in [4.69, 9.17) is 12.3 Å². The molecule has 0 saturated carbocycles. The Kier molecular flexibility index (Phi) is 9.98. The van der Waals surface area contributed by atoms with Crippen molar-refractivity contribution in [3.63, 3.8) is 0 Å². The van der Waals surface area contributed by atoms with Gasteiger partial charge in [-0.05, 0) is 43.3 Å². The van der Waals surface area contributed by atoms with Crippen LogP contribution in [-0.4, -0.2) is 29.9 Å². The first-order valence-corrected chi connectivity index (χ1v) is 10.6. The van der Waals surface area contributed by atoms with Crippen molar-refractivity contribution in [1.29, 1.82) is 0 Å². The number of halogens is 7. The Bertz CT molecular complexity index is 1450. The number of rotatable bonds is 3. The molecule has 0 aliphatic heterocycles. The van der Waals surface area contributed by atoms with Crippen LogP contribution in [0.2, 0.25) is 0 Å². The molecule has 0 unspecified atom stereocenters. The van der Waals surface area contributed by atoms with E-state index in [-0.39, 0.29) is 24.8 Å². The van der Waals surface area contributed by atoms with Gasteiger partial charge >= 0.3 is 12.4 Å². The Morgan fingerprint density at radius 1 is 0.744 bits per heavy atom. The van der Waals surface area contributed by atoms with Crippen molar-refractivity contribution in [3.8, 4) is 22.5 Å². The molecular formula is C24H19ClF6N8. The fraction of sp³-hybridized carbons (Fsp3) is 0.208. The molecule has 2 N–H and O–H groups in total. The van der Waals surface area contributed by atoms with E-state index in [1.54, 1.807) is 19.9 Å². The molecule has 0 bridgehead atoms. The summed E-state index contributed by atoms with van der Waals surface area (Å²) in [5.41, 5.74) is 6.01. The lowest BCUT2D eigenvalue weighted by atomic mass is 10.1. The molecule has 0 radical (unpaired) electrons. The maximum atomic E-state index is 12.4. The van der Waals surface area contributed by atoms with Gasteiger partial charge in [-0.2, -0.15) is 26.3 Å². The average Bonchev–Trinajstić information content (AvgIpc) is 2.87. The van der Waals surface area contributed by atoms with E-state index in [0.717, 1.165) is 24.5 Å². The lowest BCUT2D eigenvalue weighted by molar-refractivity contribution is -0.141. The molecule has 0 saturated heterocycles. The molecule has 0 aliphatic carbocycles. The number of aromatic nitrogens is 6. The van der Waals surface area contributed by atoms with E-state index in [1.165, 1.54) is 18.2 Å². The lowest BCUT2D eigenvalue weighted by Gasteiger charge is -2.07. The van der Waals surface area contributed by atoms with Crippen molar-refractivity contribution in [1.82, 2.24) is 29.9 Å². The SMILES string of the molecule is Cc1nc(CN)cc(-c2ccc(C(F)(F)F)nc2)n1.Cl.[C-]#[N+]c1cc(-c2ccc(C(F)(F)F)nc2)nc(C)n1. The van der Waals surface area contributed by atoms with Crippen molar-refractivity contribution in [2.45, 2.75) is 32.7 Å². The normalized spacial score (nSPS) is 11.1. The van der Waals surface area contributed by atoms with Crippen LogP contribution in [0.25, 0.3) is 27.4 Å². The van der Waals surface area contributed by atoms with Crippen LogP contribution in [-0.2, 0) is 18.9 Å². The molecule has 0 spiro atoms. The molecule has 0 amide bonds. The van der Waals surface area contributed by atoms with Gasteiger partial charge in [0.1, 0.15) is 17.2 Å². The fourth-order valence-corrected chi connectivity index (χ4v) is 3.07. The maximum absolute atomic E-state index is 12.4. The van der Waals surface area contributed by atoms with Gasteiger partial charge in [-0.25, -0.2) is 15.0 Å². The largest absolute Gasteiger partial charge is 0.433 e. The molecule has 39 heavy (non-hydrogen) atoms. The Morgan fingerprint density at radius 2 is 1.21 bits per heavy atom. The van der Waals surface area contributed by atoms with Crippen molar-refractivity contribution in [2.24, 2.45) is 5.73 Å². The predicted octanol–water partition coefficient (Wildman–Crippen LogP) is 6.16. The number of nitrogens with two attached hydrogens (primary N) is 1. The summed E-state index contributed by atoms with van der Waals surface area (Å²) in [5.74, 6) is 1.03. The highest BCUT2D eigenvalue weighted by Crippen LogP contribution is 2.30. The van der Waals surface area contributed by atoms with Gasteiger partial charge in [0.25, 0.3) is 5.82 Å². The zero-order valence-electron chi connectivity index (χ0n) is 20.2. The van der Waals surface area contributed by atoms with Crippen LogP contribution in [0.4, 0.5) is 32.2 Å². The van der Waals surface area contributed by atoms with Gasteiger partial charge in [-0.1, -0.05) is 6.57 Å². The van der Waals surface area contributed by atoms with Crippen molar-refractivity contribution in [2.75, 3.05) is 0 Å². The van der Waals surface area contributed by atoms with Crippen LogP contribution >= 0.6 is 12.4 Å². The summed E-state index contributed by atoms with van der Waals surface area (Å²) in [4.78, 5) is 26.1. The smallest absolute Gasteiger partial charge is 0.361 e. The van der Waals surface area contributed by atoms with Crippen LogP contribution in [0.3, 0.4) is 0 Å². The Labute approximate surface area is 224 Å². The lowest BCUT2D eigenvalue weighted by Crippen LogP contribution is -2.07. The minimum Gasteiger partial charge on any atom is -0.361 e. The van der Waals surface area contributed by atoms with Crippen LogP contribution in [0, 0.1) is 20.4 Å². The third-order valence-corrected chi connectivity index (χ3v) is 4.74. The van der Waals surface area contributed by atoms with Crippen LogP contribution in [0.15, 0.2) is 48.8 Å². The number of nitrogens with zero attached hydrogens (tertiary/aromatic N) is 7. The van der Waals surface area contributed by atoms with E-state index in [2.05, 4.69) is 34.7 Å². The molecule has 204 valence electrons. The third kappa shape index (κ3) is 8.39. The standard InChI is InChI=1S/C12H7F3N4.C12H11F3N4.ClH/c1-7-18-9(5-11(16-2)19-7)8-3-4-10(17-6-8)12(13,14)15;1-7-18-9(5-16)4-10(19-7)8-2-3-11(17-6-8)12(13,14)15;/h3-6H,1H3;2-4,6H,5,16H2,1H3;1H. The van der Waals surface area contributed by atoms with Gasteiger partial charge in [0.15, 0.2) is 0 Å². The Morgan fingerprint density at radius 3 is 1.59 bits per heavy atom. The highest BCUT2D eigenvalue weighted by molar-refractivity contribution is 5.85. The summed E-state index contributed by atoms with van der Waals surface area (Å²) in [7, 11) is 0. The number of pyridine rings is 2. The molecule has 4 aromatic heterocycles. The predicted molar refractivity (Wildman–Crippen MR) is 131 cm³/mol. The first-order chi connectivity index (χ1) is 17.8. The number of hydrogen-bond acceptors (Lipinski definition) is 7. The van der Waals surface area contributed by atoms with Gasteiger partial charge in [0.2, 0.25) is 5.82 Å². The monoisotopic (exact) mass is 568 g/mol. The summed E-state index contributed by atoms with van der Waals surface area (Å²) in [6, 6.07) is 7.45. The molecule has 0 aliphatic rings. The second-order valence-electron chi connectivity index (χ2n) is 7.63. The van der Waals surface area contributed by atoms with E-state index >= 15 is 0 Å². The number of hydrogen-bond donors (Lipinski definition) is 1. The first kappa shape index (κ1) is 31.0. The van der Waals surface area contributed by atoms with E-state index in [0.29, 0.717) is 39.9 Å². The van der Waals surface area contributed by atoms with E-state index in [1.807, 2.05) is 0 Å². The van der Waals surface area contributed by atoms with Gasteiger partial charge < -0.3 is 10.6 Å². The summed E-state index contributed by atoms with van der Waals surface area (Å²) in [6.45, 7) is 10.4. The van der Waals surface area contributed by atoms with Crippen LogP contribution in [0.5, 0.6) is 0 Å². The molecule has 4 heterocycles. The van der Waals surface area contributed by atoms with Crippen molar-refractivity contribution >= 4 is 18.2 Å². The molecule has 15 heteroatoms. The maximum Gasteiger partial charge on any atom is 0.433 e. The van der Waals surface area contributed by atoms with E-state index in [9.17, 15) is 26.3 Å². The van der Waals surface area contributed by atoms with Crippen LogP contribution < -0.4 is 5.73 Å². The second-order valence-corrected chi connectivity index (χ2v) is 7.63. The number of alkyl halides is 6. The second kappa shape index (κ2) is 12.5. The van der Waals surface area contributed by atoms with E-state index < -0.39 is 23.7 Å². The Hall–Kier alpha value is -4.22. The van der Waals surface area contributed by atoms with Crippen molar-refractivity contribution < 1.29 is 26.3 Å². The molecular weight excluding hydrogens is 550 g/mol. The summed E-state index contributed by atoms with van der Waals surface area (Å²) >= 11 is 0. The molecule has 8 nitrogen and oxygen atoms in total. The summed E-state index contributed by atoms with van der Waals surface area (Å²) < 4.78 is 74.3. The highest BCUT2D eigenvalue weighted by Gasteiger charge is 2.32. The molecule has 4 aromatic rings. The topological polar surface area (TPSA) is 108 Å². The van der Waals surface area contributed by atoms with Gasteiger partial charge in [-0.3, -0.25) is 9.97 Å². The zero-order valence-corrected chi connectivity index (χ0v) is 21.0. The van der Waals surface area contributed by atoms with Gasteiger partial charge in [0.05, 0.1) is 17.1 Å². The summed E-state index contributed by atoms with van der Waals surface area (Å²) in [5, 5.41) is 0. The molecule has 0 fully saturated rings. The molecule has 4 rings (SSSR count). The minimum absolute atomic E-state index is 0. The van der Waals surface area contributed by atoms with Gasteiger partial charge in [-0.15, -0.1) is 17.4 Å². The highest BCUT2D eigenvalue weighted by atomic mass is 35.5. The summed E-state index contributed by atoms with van der Waals surface area (Å²) in [6.07, 6.45) is -6.69. The van der Waals surface area contributed by atoms with Crippen molar-refractivity contribution in [3.05, 3.63) is 88.9 Å². The third-order valence-electron chi connectivity index (χ3n) is 4.74. The quantitative estimate of drug-likeness (QED) is 0.233. The number of aryl methyl sites for hydroxylation is 2. The van der Waals surface area contributed by atoms with Crippen LogP contribution in [0.1, 0.15) is 28.7 Å². The average molecular weight is 569 g/mol. The Balaban J connectivity index is 0.000000267. The molecule has 0 atom stereocenters. The first-order valence-electron chi connectivity index (χ1n) is 10.6. The minimum atomic E-state index is -4.47. The molecule has 0 aromatic carbocycles.